The van der Waals surface area contributed by atoms with Gasteiger partial charge in [-0.25, -0.2) is 0 Å². The molecule has 3 heteroatoms. The summed E-state index contributed by atoms with van der Waals surface area (Å²) < 4.78 is 5.17. The van der Waals surface area contributed by atoms with Crippen LogP contribution >= 0.6 is 0 Å². The van der Waals surface area contributed by atoms with Crippen LogP contribution in [0.4, 0.5) is 0 Å². The summed E-state index contributed by atoms with van der Waals surface area (Å²) in [6.45, 7) is 2.57. The first kappa shape index (κ1) is 15.3. The number of aliphatic hydroxyl groups is 1. The zero-order chi connectivity index (χ0) is 14.4. The van der Waals surface area contributed by atoms with Gasteiger partial charge in [0.1, 0.15) is 5.75 Å². The molecule has 1 aliphatic rings. The second kappa shape index (κ2) is 7.65. The summed E-state index contributed by atoms with van der Waals surface area (Å²) in [5.74, 6) is 1.37. The lowest BCUT2D eigenvalue weighted by atomic mass is 10.0. The molecule has 1 aromatic carbocycles. The molecular weight excluding hydrogens is 250 g/mol. The van der Waals surface area contributed by atoms with Crippen LogP contribution < -0.4 is 10.1 Å². The Balaban J connectivity index is 1.75. The second-order valence-electron chi connectivity index (χ2n) is 5.93. The Labute approximate surface area is 122 Å². The van der Waals surface area contributed by atoms with E-state index in [1.165, 1.54) is 24.8 Å². The molecular formula is C17H27NO2. The van der Waals surface area contributed by atoms with Gasteiger partial charge in [-0.1, -0.05) is 18.6 Å². The van der Waals surface area contributed by atoms with Crippen molar-refractivity contribution in [3.05, 3.63) is 29.8 Å². The lowest BCUT2D eigenvalue weighted by molar-refractivity contribution is 0.199. The smallest absolute Gasteiger partial charge is 0.118 e. The highest BCUT2D eigenvalue weighted by atomic mass is 16.5. The number of ether oxygens (including phenoxy) is 1. The van der Waals surface area contributed by atoms with E-state index in [2.05, 4.69) is 24.4 Å². The first-order chi connectivity index (χ1) is 9.72. The van der Waals surface area contributed by atoms with E-state index in [1.807, 2.05) is 12.1 Å². The summed E-state index contributed by atoms with van der Waals surface area (Å²) in [5, 5.41) is 13.0. The molecule has 2 rings (SSSR count). The van der Waals surface area contributed by atoms with Gasteiger partial charge < -0.3 is 15.2 Å². The summed E-state index contributed by atoms with van der Waals surface area (Å²) in [5.41, 5.74) is 1.35. The maximum Gasteiger partial charge on any atom is 0.118 e. The van der Waals surface area contributed by atoms with E-state index in [-0.39, 0.29) is 0 Å². The van der Waals surface area contributed by atoms with Crippen LogP contribution in [0.2, 0.25) is 0 Å². The Kier molecular flexibility index (Phi) is 5.86. The molecule has 0 bridgehead atoms. The summed E-state index contributed by atoms with van der Waals surface area (Å²) >= 11 is 0. The first-order valence-corrected chi connectivity index (χ1v) is 7.72. The van der Waals surface area contributed by atoms with Crippen molar-refractivity contribution < 1.29 is 9.84 Å². The topological polar surface area (TPSA) is 41.5 Å². The molecule has 0 aliphatic heterocycles. The SMILES string of the molecule is COc1ccc(CCC(C)NC2CCCC2CO)cc1. The quantitative estimate of drug-likeness (QED) is 0.805. The lowest BCUT2D eigenvalue weighted by Crippen LogP contribution is -2.40. The molecule has 0 spiro atoms. The molecule has 112 valence electrons. The number of aryl methyl sites for hydroxylation is 1. The van der Waals surface area contributed by atoms with E-state index >= 15 is 0 Å². The van der Waals surface area contributed by atoms with Crippen LogP contribution in [-0.4, -0.2) is 30.9 Å². The monoisotopic (exact) mass is 277 g/mol. The van der Waals surface area contributed by atoms with E-state index < -0.39 is 0 Å². The van der Waals surface area contributed by atoms with Gasteiger partial charge in [0, 0.05) is 18.7 Å². The van der Waals surface area contributed by atoms with Crippen molar-refractivity contribution in [3.8, 4) is 5.75 Å². The van der Waals surface area contributed by atoms with Gasteiger partial charge in [0.2, 0.25) is 0 Å². The average Bonchev–Trinajstić information content (AvgIpc) is 2.92. The fraction of sp³-hybridized carbons (Fsp3) is 0.647. The molecule has 0 amide bonds. The molecule has 20 heavy (non-hydrogen) atoms. The van der Waals surface area contributed by atoms with E-state index in [0.29, 0.717) is 24.6 Å². The first-order valence-electron chi connectivity index (χ1n) is 7.72. The maximum absolute atomic E-state index is 9.35. The average molecular weight is 277 g/mol. The molecule has 0 radical (unpaired) electrons. The van der Waals surface area contributed by atoms with Crippen molar-refractivity contribution in [2.24, 2.45) is 5.92 Å². The number of aliphatic hydroxyl groups excluding tert-OH is 1. The van der Waals surface area contributed by atoms with Crippen molar-refractivity contribution in [2.75, 3.05) is 13.7 Å². The minimum Gasteiger partial charge on any atom is -0.497 e. The second-order valence-corrected chi connectivity index (χ2v) is 5.93. The molecule has 3 unspecified atom stereocenters. The van der Waals surface area contributed by atoms with Crippen LogP contribution in [0.5, 0.6) is 5.75 Å². The standard InChI is InChI=1S/C17H27NO2/c1-13(18-17-5-3-4-15(17)12-19)6-7-14-8-10-16(20-2)11-9-14/h8-11,13,15,17-19H,3-7,12H2,1-2H3. The van der Waals surface area contributed by atoms with Gasteiger partial charge in [-0.2, -0.15) is 0 Å². The Morgan fingerprint density at radius 2 is 2.05 bits per heavy atom. The fourth-order valence-electron chi connectivity index (χ4n) is 3.10. The van der Waals surface area contributed by atoms with Gasteiger partial charge in [0.25, 0.3) is 0 Å². The zero-order valence-corrected chi connectivity index (χ0v) is 12.6. The number of hydrogen-bond donors (Lipinski definition) is 2. The van der Waals surface area contributed by atoms with Gasteiger partial charge in [-0.05, 0) is 56.2 Å². The largest absolute Gasteiger partial charge is 0.497 e. The van der Waals surface area contributed by atoms with Crippen molar-refractivity contribution in [3.63, 3.8) is 0 Å². The minimum absolute atomic E-state index is 0.322. The van der Waals surface area contributed by atoms with Crippen molar-refractivity contribution in [1.29, 1.82) is 0 Å². The van der Waals surface area contributed by atoms with Crippen LogP contribution in [0.15, 0.2) is 24.3 Å². The number of nitrogens with one attached hydrogen (secondary N) is 1. The van der Waals surface area contributed by atoms with E-state index in [0.717, 1.165) is 18.6 Å². The van der Waals surface area contributed by atoms with Crippen LogP contribution in [-0.2, 0) is 6.42 Å². The molecule has 1 saturated carbocycles. The summed E-state index contributed by atoms with van der Waals surface area (Å²) in [4.78, 5) is 0. The Morgan fingerprint density at radius 1 is 1.30 bits per heavy atom. The number of benzene rings is 1. The minimum atomic E-state index is 0.322. The Hall–Kier alpha value is -1.06. The predicted octanol–water partition coefficient (Wildman–Crippen LogP) is 2.77. The third-order valence-electron chi connectivity index (χ3n) is 4.42. The summed E-state index contributed by atoms with van der Waals surface area (Å²) in [6, 6.07) is 9.31. The molecule has 0 heterocycles. The normalized spacial score (nSPS) is 23.8. The van der Waals surface area contributed by atoms with Crippen molar-refractivity contribution in [2.45, 2.75) is 51.1 Å². The van der Waals surface area contributed by atoms with E-state index in [9.17, 15) is 5.11 Å². The Morgan fingerprint density at radius 3 is 2.70 bits per heavy atom. The predicted molar refractivity (Wildman–Crippen MR) is 82.1 cm³/mol. The van der Waals surface area contributed by atoms with Gasteiger partial charge in [0.05, 0.1) is 7.11 Å². The number of hydrogen-bond acceptors (Lipinski definition) is 3. The molecule has 2 N–H and O–H groups in total. The highest BCUT2D eigenvalue weighted by molar-refractivity contribution is 5.27. The third-order valence-corrected chi connectivity index (χ3v) is 4.42. The van der Waals surface area contributed by atoms with Crippen molar-refractivity contribution in [1.82, 2.24) is 5.32 Å². The highest BCUT2D eigenvalue weighted by Crippen LogP contribution is 2.25. The molecule has 1 aromatic rings. The van der Waals surface area contributed by atoms with Crippen LogP contribution in [0.3, 0.4) is 0 Å². The summed E-state index contributed by atoms with van der Waals surface area (Å²) in [7, 11) is 1.69. The molecule has 0 saturated heterocycles. The lowest BCUT2D eigenvalue weighted by Gasteiger charge is -2.24. The van der Waals surface area contributed by atoms with E-state index in [1.54, 1.807) is 7.11 Å². The summed E-state index contributed by atoms with van der Waals surface area (Å²) in [6.07, 6.45) is 5.82. The van der Waals surface area contributed by atoms with E-state index in [4.69, 9.17) is 4.74 Å². The molecule has 0 aromatic heterocycles. The van der Waals surface area contributed by atoms with Gasteiger partial charge in [-0.3, -0.25) is 0 Å². The highest BCUT2D eigenvalue weighted by Gasteiger charge is 2.27. The zero-order valence-electron chi connectivity index (χ0n) is 12.6. The number of rotatable bonds is 7. The Bertz CT molecular complexity index is 390. The third kappa shape index (κ3) is 4.22. The van der Waals surface area contributed by atoms with Gasteiger partial charge in [0.15, 0.2) is 0 Å². The fourth-order valence-corrected chi connectivity index (χ4v) is 3.10. The van der Waals surface area contributed by atoms with Crippen LogP contribution in [0.1, 0.15) is 38.2 Å². The van der Waals surface area contributed by atoms with Gasteiger partial charge >= 0.3 is 0 Å². The maximum atomic E-state index is 9.35. The van der Waals surface area contributed by atoms with Crippen LogP contribution in [0, 0.1) is 5.92 Å². The molecule has 3 atom stereocenters. The van der Waals surface area contributed by atoms with Crippen molar-refractivity contribution >= 4 is 0 Å². The number of methoxy groups -OCH3 is 1. The van der Waals surface area contributed by atoms with Crippen LogP contribution in [0.25, 0.3) is 0 Å². The molecule has 1 aliphatic carbocycles. The molecule has 1 fully saturated rings. The molecule has 3 nitrogen and oxygen atoms in total. The van der Waals surface area contributed by atoms with Gasteiger partial charge in [-0.15, -0.1) is 0 Å².